The number of piperidine rings is 1. The van der Waals surface area contributed by atoms with Crippen LogP contribution in [-0.2, 0) is 6.54 Å². The Morgan fingerprint density at radius 3 is 2.68 bits per heavy atom. The molecule has 0 saturated carbocycles. The van der Waals surface area contributed by atoms with Crippen LogP contribution in [0.1, 0.15) is 29.6 Å². The van der Waals surface area contributed by atoms with Crippen LogP contribution in [-0.4, -0.2) is 51.5 Å². The van der Waals surface area contributed by atoms with E-state index in [1.165, 1.54) is 18.6 Å². The van der Waals surface area contributed by atoms with Crippen LogP contribution < -0.4 is 10.6 Å². The number of halogens is 2. The summed E-state index contributed by atoms with van der Waals surface area (Å²) in [5.74, 6) is -0.503. The second-order valence-electron chi connectivity index (χ2n) is 7.37. The number of hydrogen-bond donors (Lipinski definition) is 2. The average Bonchev–Trinajstić information content (AvgIpc) is 3.18. The van der Waals surface area contributed by atoms with Gasteiger partial charge in [-0.05, 0) is 55.7 Å². The smallest absolute Gasteiger partial charge is 0.319 e. The van der Waals surface area contributed by atoms with E-state index in [1.807, 2.05) is 11.0 Å². The molecule has 2 aromatic carbocycles. The molecule has 31 heavy (non-hydrogen) atoms. The topological polar surface area (TPSA) is 92.1 Å². The Labute approximate surface area is 186 Å². The highest BCUT2D eigenvalue weighted by Crippen LogP contribution is 2.19. The molecule has 0 unspecified atom stereocenters. The third-order valence-electron chi connectivity index (χ3n) is 5.19. The zero-order valence-corrected chi connectivity index (χ0v) is 18.4. The van der Waals surface area contributed by atoms with Crippen molar-refractivity contribution in [1.82, 2.24) is 25.2 Å². The average molecular weight is 489 g/mol. The third kappa shape index (κ3) is 5.01. The fourth-order valence-electron chi connectivity index (χ4n) is 3.58. The third-order valence-corrected chi connectivity index (χ3v) is 5.69. The SMILES string of the molecule is O=C(NCCn1nnc2cc(C(=O)N3CCCCC3)ccc21)Nc1ccc(Br)cc1F. The van der Waals surface area contributed by atoms with Crippen molar-refractivity contribution in [2.75, 3.05) is 25.0 Å². The quantitative estimate of drug-likeness (QED) is 0.571. The first-order valence-electron chi connectivity index (χ1n) is 10.1. The van der Waals surface area contributed by atoms with Gasteiger partial charge in [0.1, 0.15) is 11.3 Å². The number of carbonyl (C=O) groups is 2. The first-order valence-corrected chi connectivity index (χ1v) is 10.9. The van der Waals surface area contributed by atoms with Gasteiger partial charge in [-0.3, -0.25) is 4.79 Å². The highest BCUT2D eigenvalue weighted by molar-refractivity contribution is 9.10. The zero-order valence-electron chi connectivity index (χ0n) is 16.8. The van der Waals surface area contributed by atoms with Crippen LogP contribution in [0.3, 0.4) is 0 Å². The van der Waals surface area contributed by atoms with Crippen molar-refractivity contribution in [3.8, 4) is 0 Å². The number of fused-ring (bicyclic) bond motifs is 1. The Bertz CT molecular complexity index is 1110. The van der Waals surface area contributed by atoms with E-state index in [2.05, 4.69) is 36.9 Å². The van der Waals surface area contributed by atoms with E-state index in [-0.39, 0.29) is 18.1 Å². The molecule has 0 atom stereocenters. The fourth-order valence-corrected chi connectivity index (χ4v) is 3.92. The summed E-state index contributed by atoms with van der Waals surface area (Å²) in [6.45, 7) is 2.24. The van der Waals surface area contributed by atoms with E-state index in [0.717, 1.165) is 31.4 Å². The van der Waals surface area contributed by atoms with Gasteiger partial charge in [-0.2, -0.15) is 0 Å². The van der Waals surface area contributed by atoms with E-state index in [0.29, 0.717) is 22.1 Å². The lowest BCUT2D eigenvalue weighted by Gasteiger charge is -2.26. The molecule has 10 heteroatoms. The van der Waals surface area contributed by atoms with Gasteiger partial charge >= 0.3 is 6.03 Å². The zero-order chi connectivity index (χ0) is 21.8. The second-order valence-corrected chi connectivity index (χ2v) is 8.29. The molecule has 1 saturated heterocycles. The van der Waals surface area contributed by atoms with Crippen LogP contribution in [0.25, 0.3) is 11.0 Å². The number of likely N-dealkylation sites (tertiary alicyclic amines) is 1. The molecule has 1 fully saturated rings. The summed E-state index contributed by atoms with van der Waals surface area (Å²) in [6, 6.07) is 9.25. The Hall–Kier alpha value is -3.01. The predicted octanol–water partition coefficient (Wildman–Crippen LogP) is 3.78. The second kappa shape index (κ2) is 9.42. The number of hydrogen-bond acceptors (Lipinski definition) is 4. The van der Waals surface area contributed by atoms with E-state index in [4.69, 9.17) is 0 Å². The molecule has 8 nitrogen and oxygen atoms in total. The number of anilines is 1. The lowest BCUT2D eigenvalue weighted by molar-refractivity contribution is 0.0724. The summed E-state index contributed by atoms with van der Waals surface area (Å²) >= 11 is 3.17. The minimum Gasteiger partial charge on any atom is -0.339 e. The Morgan fingerprint density at radius 2 is 1.90 bits per heavy atom. The predicted molar refractivity (Wildman–Crippen MR) is 118 cm³/mol. The maximum absolute atomic E-state index is 13.8. The molecule has 2 heterocycles. The summed E-state index contributed by atoms with van der Waals surface area (Å²) in [5, 5.41) is 13.4. The minimum absolute atomic E-state index is 0.0228. The molecule has 0 aliphatic carbocycles. The van der Waals surface area contributed by atoms with Crippen LogP contribution >= 0.6 is 15.9 Å². The number of rotatable bonds is 5. The Kier molecular flexibility index (Phi) is 6.45. The molecule has 1 aliphatic rings. The lowest BCUT2D eigenvalue weighted by Crippen LogP contribution is -2.35. The van der Waals surface area contributed by atoms with Crippen molar-refractivity contribution < 1.29 is 14.0 Å². The summed E-state index contributed by atoms with van der Waals surface area (Å²) in [6.07, 6.45) is 3.25. The number of aromatic nitrogens is 3. The molecule has 1 aromatic heterocycles. The van der Waals surface area contributed by atoms with Crippen LogP contribution in [0, 0.1) is 5.82 Å². The molecular weight excluding hydrogens is 467 g/mol. The van der Waals surface area contributed by atoms with Gasteiger partial charge in [0.05, 0.1) is 17.7 Å². The largest absolute Gasteiger partial charge is 0.339 e. The first-order chi connectivity index (χ1) is 15.0. The van der Waals surface area contributed by atoms with E-state index in [1.54, 1.807) is 22.9 Å². The minimum atomic E-state index is -0.526. The van der Waals surface area contributed by atoms with Crippen molar-refractivity contribution in [3.63, 3.8) is 0 Å². The highest BCUT2D eigenvalue weighted by atomic mass is 79.9. The van der Waals surface area contributed by atoms with Crippen molar-refractivity contribution in [2.45, 2.75) is 25.8 Å². The van der Waals surface area contributed by atoms with Gasteiger partial charge in [0.2, 0.25) is 0 Å². The van der Waals surface area contributed by atoms with Crippen molar-refractivity contribution in [3.05, 3.63) is 52.3 Å². The summed E-state index contributed by atoms with van der Waals surface area (Å²) in [4.78, 5) is 26.6. The summed E-state index contributed by atoms with van der Waals surface area (Å²) < 4.78 is 16.1. The van der Waals surface area contributed by atoms with Crippen LogP contribution in [0.4, 0.5) is 14.9 Å². The van der Waals surface area contributed by atoms with Crippen molar-refractivity contribution in [2.24, 2.45) is 0 Å². The normalized spacial score (nSPS) is 13.9. The number of urea groups is 1. The van der Waals surface area contributed by atoms with Gasteiger partial charge in [-0.1, -0.05) is 21.1 Å². The molecule has 3 aromatic rings. The van der Waals surface area contributed by atoms with E-state index >= 15 is 0 Å². The molecule has 1 aliphatic heterocycles. The number of carbonyl (C=O) groups excluding carboxylic acids is 2. The summed E-state index contributed by atoms with van der Waals surface area (Å²) in [5.41, 5.74) is 2.11. The molecule has 0 spiro atoms. The summed E-state index contributed by atoms with van der Waals surface area (Å²) in [7, 11) is 0. The van der Waals surface area contributed by atoms with Gasteiger partial charge in [0.25, 0.3) is 5.91 Å². The number of nitrogens with zero attached hydrogens (tertiary/aromatic N) is 4. The van der Waals surface area contributed by atoms with Gasteiger partial charge in [-0.25, -0.2) is 13.9 Å². The first kappa shape index (κ1) is 21.2. The number of nitrogens with one attached hydrogen (secondary N) is 2. The molecule has 0 bridgehead atoms. The van der Waals surface area contributed by atoms with Crippen LogP contribution in [0.2, 0.25) is 0 Å². The number of amides is 3. The molecule has 3 amide bonds. The molecule has 4 rings (SSSR count). The van der Waals surface area contributed by atoms with Crippen molar-refractivity contribution >= 4 is 44.6 Å². The molecular formula is C21H22BrFN6O2. The Morgan fingerprint density at radius 1 is 1.10 bits per heavy atom. The monoisotopic (exact) mass is 488 g/mol. The molecule has 0 radical (unpaired) electrons. The number of benzene rings is 2. The van der Waals surface area contributed by atoms with Crippen molar-refractivity contribution in [1.29, 1.82) is 0 Å². The molecule has 162 valence electrons. The van der Waals surface area contributed by atoms with E-state index in [9.17, 15) is 14.0 Å². The Balaban J connectivity index is 1.34. The fraction of sp³-hybridized carbons (Fsp3) is 0.333. The maximum Gasteiger partial charge on any atom is 0.319 e. The maximum atomic E-state index is 13.8. The van der Waals surface area contributed by atoms with E-state index < -0.39 is 11.8 Å². The van der Waals surface area contributed by atoms with Gasteiger partial charge in [0, 0.05) is 29.7 Å². The van der Waals surface area contributed by atoms with Gasteiger partial charge in [-0.15, -0.1) is 5.10 Å². The standard InChI is InChI=1S/C21H22BrFN6O2/c22-15-5-6-17(16(23)13-15)25-21(31)24-8-11-29-19-7-4-14(12-18(19)26-27-29)20(30)28-9-2-1-3-10-28/h4-7,12-13H,1-3,8-11H2,(H2,24,25,31). The highest BCUT2D eigenvalue weighted by Gasteiger charge is 2.19. The lowest BCUT2D eigenvalue weighted by atomic mass is 10.1. The van der Waals surface area contributed by atoms with Gasteiger partial charge in [0.15, 0.2) is 0 Å². The van der Waals surface area contributed by atoms with Crippen LogP contribution in [0.15, 0.2) is 40.9 Å². The van der Waals surface area contributed by atoms with Gasteiger partial charge < -0.3 is 15.5 Å². The molecule has 2 N–H and O–H groups in total. The van der Waals surface area contributed by atoms with Crippen LogP contribution in [0.5, 0.6) is 0 Å².